The van der Waals surface area contributed by atoms with Crippen LogP contribution in [0.4, 0.5) is 11.4 Å². The maximum Gasteiger partial charge on any atom is 0.262 e. The number of anilines is 2. The van der Waals surface area contributed by atoms with Crippen LogP contribution >= 0.6 is 39.1 Å². The molecule has 112 valence electrons. The molecule has 0 radical (unpaired) electrons. The third-order valence-corrected chi connectivity index (χ3v) is 5.47. The average Bonchev–Trinajstić information content (AvgIpc) is 2.38. The highest BCUT2D eigenvalue weighted by atomic mass is 79.9. The maximum absolute atomic E-state index is 12.4. The van der Waals surface area contributed by atoms with Crippen LogP contribution in [0.5, 0.6) is 0 Å². The number of halogens is 3. The SMILES string of the molecule is Cc1c(N)cc(S(=O)(=O)Nc2ccc(Cl)cc2Br)cc1Cl. The molecule has 3 N–H and O–H groups in total. The van der Waals surface area contributed by atoms with E-state index in [9.17, 15) is 8.42 Å². The van der Waals surface area contributed by atoms with E-state index in [2.05, 4.69) is 20.7 Å². The molecular weight excluding hydrogens is 399 g/mol. The van der Waals surface area contributed by atoms with Gasteiger partial charge >= 0.3 is 0 Å². The lowest BCUT2D eigenvalue weighted by atomic mass is 10.2. The van der Waals surface area contributed by atoms with Crippen molar-refractivity contribution in [3.05, 3.63) is 50.4 Å². The van der Waals surface area contributed by atoms with E-state index in [0.717, 1.165) is 0 Å². The van der Waals surface area contributed by atoms with Gasteiger partial charge in [0.25, 0.3) is 10.0 Å². The molecule has 21 heavy (non-hydrogen) atoms. The summed E-state index contributed by atoms with van der Waals surface area (Å²) in [5.41, 5.74) is 7.09. The van der Waals surface area contributed by atoms with Gasteiger partial charge in [-0.15, -0.1) is 0 Å². The molecule has 0 aliphatic heterocycles. The Hall–Kier alpha value is -0.950. The first-order chi connectivity index (χ1) is 9.70. The van der Waals surface area contributed by atoms with Gasteiger partial charge in [0.2, 0.25) is 0 Å². The third kappa shape index (κ3) is 3.63. The number of benzene rings is 2. The van der Waals surface area contributed by atoms with Crippen LogP contribution in [0, 0.1) is 6.92 Å². The van der Waals surface area contributed by atoms with E-state index in [4.69, 9.17) is 28.9 Å². The van der Waals surface area contributed by atoms with E-state index in [1.54, 1.807) is 25.1 Å². The van der Waals surface area contributed by atoms with Crippen LogP contribution in [0.3, 0.4) is 0 Å². The number of hydrogen-bond acceptors (Lipinski definition) is 3. The fourth-order valence-corrected chi connectivity index (χ4v) is 3.95. The number of nitrogen functional groups attached to an aromatic ring is 1. The summed E-state index contributed by atoms with van der Waals surface area (Å²) in [6.45, 7) is 1.72. The highest BCUT2D eigenvalue weighted by Gasteiger charge is 2.18. The van der Waals surface area contributed by atoms with Crippen LogP contribution in [-0.4, -0.2) is 8.42 Å². The smallest absolute Gasteiger partial charge is 0.262 e. The van der Waals surface area contributed by atoms with Gasteiger partial charge in [-0.3, -0.25) is 4.72 Å². The summed E-state index contributed by atoms with van der Waals surface area (Å²) in [5, 5.41) is 0.790. The normalized spacial score (nSPS) is 11.4. The molecule has 0 atom stereocenters. The lowest BCUT2D eigenvalue weighted by Crippen LogP contribution is -2.14. The fraction of sp³-hybridized carbons (Fsp3) is 0.0769. The average molecular weight is 410 g/mol. The Morgan fingerprint density at radius 2 is 1.86 bits per heavy atom. The molecule has 0 fully saturated rings. The Kier molecular flexibility index (Phi) is 4.72. The van der Waals surface area contributed by atoms with Gasteiger partial charge in [0.05, 0.1) is 10.6 Å². The van der Waals surface area contributed by atoms with E-state index in [1.807, 2.05) is 0 Å². The summed E-state index contributed by atoms with van der Waals surface area (Å²) in [7, 11) is -3.80. The van der Waals surface area contributed by atoms with Crippen LogP contribution in [0.1, 0.15) is 5.56 Å². The third-order valence-electron chi connectivity index (χ3n) is 2.84. The number of hydrogen-bond donors (Lipinski definition) is 2. The van der Waals surface area contributed by atoms with Crippen LogP contribution in [0.2, 0.25) is 10.0 Å². The summed E-state index contributed by atoms with van der Waals surface area (Å²) in [6, 6.07) is 7.46. The van der Waals surface area contributed by atoms with Crippen molar-refractivity contribution in [1.29, 1.82) is 0 Å². The monoisotopic (exact) mass is 408 g/mol. The molecule has 0 aromatic heterocycles. The molecule has 2 aromatic rings. The summed E-state index contributed by atoms with van der Waals surface area (Å²) in [6.07, 6.45) is 0. The van der Waals surface area contributed by atoms with E-state index < -0.39 is 10.0 Å². The van der Waals surface area contributed by atoms with Crippen molar-refractivity contribution in [2.24, 2.45) is 0 Å². The topological polar surface area (TPSA) is 72.2 Å². The summed E-state index contributed by atoms with van der Waals surface area (Å²) in [5.74, 6) is 0. The molecule has 8 heteroatoms. The van der Waals surface area contributed by atoms with Gasteiger partial charge in [-0.2, -0.15) is 0 Å². The van der Waals surface area contributed by atoms with Crippen LogP contribution < -0.4 is 10.5 Å². The van der Waals surface area contributed by atoms with Crippen LogP contribution in [-0.2, 0) is 10.0 Å². The van der Waals surface area contributed by atoms with Gasteiger partial charge in [-0.05, 0) is 58.7 Å². The second kappa shape index (κ2) is 6.04. The number of nitrogens with one attached hydrogen (secondary N) is 1. The minimum atomic E-state index is -3.80. The second-order valence-electron chi connectivity index (χ2n) is 4.35. The zero-order valence-corrected chi connectivity index (χ0v) is 14.7. The van der Waals surface area contributed by atoms with Gasteiger partial charge in [0.1, 0.15) is 0 Å². The highest BCUT2D eigenvalue weighted by Crippen LogP contribution is 2.30. The predicted molar refractivity (Wildman–Crippen MR) is 90.6 cm³/mol. The zero-order valence-electron chi connectivity index (χ0n) is 10.8. The first-order valence-corrected chi connectivity index (χ1v) is 8.77. The Bertz CT molecular complexity index is 787. The molecule has 0 spiro atoms. The minimum absolute atomic E-state index is 0.00236. The first-order valence-electron chi connectivity index (χ1n) is 5.74. The molecule has 0 heterocycles. The minimum Gasteiger partial charge on any atom is -0.398 e. The van der Waals surface area contributed by atoms with E-state index in [0.29, 0.717) is 31.5 Å². The maximum atomic E-state index is 12.4. The Labute approximate surface area is 141 Å². The second-order valence-corrected chi connectivity index (χ2v) is 7.73. The number of nitrogens with two attached hydrogens (primary N) is 1. The predicted octanol–water partition coefficient (Wildman–Crippen LogP) is 4.45. The van der Waals surface area contributed by atoms with Gasteiger partial charge in [0, 0.05) is 20.2 Å². The summed E-state index contributed by atoms with van der Waals surface area (Å²) in [4.78, 5) is -0.00236. The van der Waals surface area contributed by atoms with Crippen molar-refractivity contribution in [3.63, 3.8) is 0 Å². The number of sulfonamides is 1. The quantitative estimate of drug-likeness (QED) is 0.735. The number of rotatable bonds is 3. The highest BCUT2D eigenvalue weighted by molar-refractivity contribution is 9.10. The molecule has 0 unspecified atom stereocenters. The van der Waals surface area contributed by atoms with Crippen molar-refractivity contribution in [3.8, 4) is 0 Å². The van der Waals surface area contributed by atoms with E-state index in [1.165, 1.54) is 12.1 Å². The zero-order chi connectivity index (χ0) is 15.8. The molecule has 2 aromatic carbocycles. The van der Waals surface area contributed by atoms with Crippen LogP contribution in [0.25, 0.3) is 0 Å². The van der Waals surface area contributed by atoms with Crippen molar-refractivity contribution in [2.75, 3.05) is 10.5 Å². The fourth-order valence-electron chi connectivity index (χ4n) is 1.61. The Morgan fingerprint density at radius 3 is 2.43 bits per heavy atom. The molecular formula is C13H11BrCl2N2O2S. The van der Waals surface area contributed by atoms with Gasteiger partial charge in [-0.1, -0.05) is 23.2 Å². The summed E-state index contributed by atoms with van der Waals surface area (Å²) < 4.78 is 27.7. The lowest BCUT2D eigenvalue weighted by Gasteiger charge is -2.12. The molecule has 4 nitrogen and oxygen atoms in total. The van der Waals surface area contributed by atoms with Gasteiger partial charge in [0.15, 0.2) is 0 Å². The molecule has 0 saturated carbocycles. The van der Waals surface area contributed by atoms with Gasteiger partial charge in [-0.25, -0.2) is 8.42 Å². The van der Waals surface area contributed by atoms with E-state index >= 15 is 0 Å². The van der Waals surface area contributed by atoms with Crippen molar-refractivity contribution >= 4 is 60.5 Å². The van der Waals surface area contributed by atoms with Gasteiger partial charge < -0.3 is 5.73 Å². The van der Waals surface area contributed by atoms with E-state index in [-0.39, 0.29) is 4.90 Å². The molecule has 0 aliphatic rings. The summed E-state index contributed by atoms with van der Waals surface area (Å²) >= 11 is 15.1. The van der Waals surface area contributed by atoms with Crippen molar-refractivity contribution < 1.29 is 8.42 Å². The molecule has 0 aliphatic carbocycles. The molecule has 2 rings (SSSR count). The largest absolute Gasteiger partial charge is 0.398 e. The Morgan fingerprint density at radius 1 is 1.19 bits per heavy atom. The lowest BCUT2D eigenvalue weighted by molar-refractivity contribution is 0.601. The van der Waals surface area contributed by atoms with Crippen molar-refractivity contribution in [2.45, 2.75) is 11.8 Å². The molecule has 0 bridgehead atoms. The molecule has 0 saturated heterocycles. The van der Waals surface area contributed by atoms with Crippen molar-refractivity contribution in [1.82, 2.24) is 0 Å². The standard InChI is InChI=1S/C13H11BrCl2N2O2S/c1-7-11(16)5-9(6-12(7)17)21(19,20)18-13-3-2-8(15)4-10(13)14/h2-6,18H,17H2,1H3. The molecule has 0 amide bonds. The van der Waals surface area contributed by atoms with Crippen LogP contribution in [0.15, 0.2) is 39.7 Å². The first kappa shape index (κ1) is 16.4. The Balaban J connectivity index is 2.43.